The number of carbonyl (C=O) groups is 1. The van der Waals surface area contributed by atoms with E-state index in [1.54, 1.807) is 20.3 Å². The van der Waals surface area contributed by atoms with Gasteiger partial charge < -0.3 is 20.1 Å². The van der Waals surface area contributed by atoms with Gasteiger partial charge in [0.15, 0.2) is 11.5 Å². The van der Waals surface area contributed by atoms with Crippen LogP contribution in [0.2, 0.25) is 0 Å². The topological polar surface area (TPSA) is 85.4 Å². The summed E-state index contributed by atoms with van der Waals surface area (Å²) in [6.07, 6.45) is 0. The minimum Gasteiger partial charge on any atom is -0.493 e. The molecule has 7 nitrogen and oxygen atoms in total. The van der Waals surface area contributed by atoms with Crippen molar-refractivity contribution >= 4 is 17.5 Å². The number of hydrogen-bond donors (Lipinski definition) is 2. The normalized spacial score (nSPS) is 10.2. The van der Waals surface area contributed by atoms with Gasteiger partial charge in [0, 0.05) is 17.9 Å². The lowest BCUT2D eigenvalue weighted by atomic mass is 10.2. The highest BCUT2D eigenvalue weighted by Crippen LogP contribution is 2.27. The second-order valence-electron chi connectivity index (χ2n) is 6.08. The van der Waals surface area contributed by atoms with Crippen molar-refractivity contribution in [1.82, 2.24) is 9.97 Å². The first kappa shape index (κ1) is 19.2. The Morgan fingerprint density at radius 1 is 0.964 bits per heavy atom. The number of nitrogens with one attached hydrogen (secondary N) is 2. The molecule has 0 aliphatic rings. The fraction of sp³-hybridized carbons (Fsp3) is 0.190. The lowest BCUT2D eigenvalue weighted by molar-refractivity contribution is 0.102. The van der Waals surface area contributed by atoms with Gasteiger partial charge in [-0.05, 0) is 42.8 Å². The predicted molar refractivity (Wildman–Crippen MR) is 108 cm³/mol. The van der Waals surface area contributed by atoms with E-state index in [0.717, 1.165) is 5.56 Å². The zero-order chi connectivity index (χ0) is 19.9. The number of anilines is 2. The van der Waals surface area contributed by atoms with Crippen LogP contribution in [-0.2, 0) is 6.54 Å². The third-order valence-corrected chi connectivity index (χ3v) is 4.02. The van der Waals surface area contributed by atoms with Crippen molar-refractivity contribution in [3.05, 3.63) is 71.5 Å². The lowest BCUT2D eigenvalue weighted by Crippen LogP contribution is -2.16. The quantitative estimate of drug-likeness (QED) is 0.653. The van der Waals surface area contributed by atoms with Crippen LogP contribution in [0.5, 0.6) is 11.5 Å². The molecule has 0 spiro atoms. The molecule has 1 aromatic heterocycles. The Hall–Kier alpha value is -3.61. The molecule has 0 aliphatic carbocycles. The van der Waals surface area contributed by atoms with Gasteiger partial charge in [0.1, 0.15) is 5.69 Å². The first-order valence-electron chi connectivity index (χ1n) is 8.76. The molecule has 2 N–H and O–H groups in total. The van der Waals surface area contributed by atoms with Crippen molar-refractivity contribution < 1.29 is 14.3 Å². The van der Waals surface area contributed by atoms with Crippen LogP contribution in [0.3, 0.4) is 0 Å². The van der Waals surface area contributed by atoms with E-state index >= 15 is 0 Å². The number of benzene rings is 2. The second kappa shape index (κ2) is 8.85. The molecular formula is C21H22N4O3. The second-order valence-corrected chi connectivity index (χ2v) is 6.08. The smallest absolute Gasteiger partial charge is 0.274 e. The summed E-state index contributed by atoms with van der Waals surface area (Å²) in [5, 5.41) is 5.98. The number of nitrogens with zero attached hydrogens (tertiary/aromatic N) is 2. The van der Waals surface area contributed by atoms with Gasteiger partial charge in [-0.15, -0.1) is 0 Å². The van der Waals surface area contributed by atoms with Crippen LogP contribution in [0, 0.1) is 6.92 Å². The van der Waals surface area contributed by atoms with E-state index in [9.17, 15) is 4.79 Å². The molecule has 0 unspecified atom stereocenters. The maximum Gasteiger partial charge on any atom is 0.274 e. The van der Waals surface area contributed by atoms with Crippen molar-refractivity contribution in [2.24, 2.45) is 0 Å². The number of rotatable bonds is 7. The van der Waals surface area contributed by atoms with Crippen molar-refractivity contribution in [3.8, 4) is 11.5 Å². The zero-order valence-electron chi connectivity index (χ0n) is 16.0. The molecule has 0 atom stereocenters. The van der Waals surface area contributed by atoms with Gasteiger partial charge in [-0.25, -0.2) is 9.97 Å². The summed E-state index contributed by atoms with van der Waals surface area (Å²) in [7, 11) is 3.19. The lowest BCUT2D eigenvalue weighted by Gasteiger charge is -2.11. The van der Waals surface area contributed by atoms with Crippen molar-refractivity contribution in [3.63, 3.8) is 0 Å². The Balaban J connectivity index is 1.72. The molecule has 3 rings (SSSR count). The molecule has 0 bridgehead atoms. The predicted octanol–water partition coefficient (Wildman–Crippen LogP) is 3.67. The molecule has 28 heavy (non-hydrogen) atoms. The first-order chi connectivity index (χ1) is 13.6. The molecule has 7 heteroatoms. The van der Waals surface area contributed by atoms with Crippen LogP contribution < -0.4 is 20.1 Å². The molecule has 0 saturated heterocycles. The number of para-hydroxylation sites is 1. The molecule has 0 fully saturated rings. The zero-order valence-corrected chi connectivity index (χ0v) is 16.0. The van der Waals surface area contributed by atoms with Gasteiger partial charge >= 0.3 is 0 Å². The summed E-state index contributed by atoms with van der Waals surface area (Å²) >= 11 is 0. The Kier molecular flexibility index (Phi) is 6.06. The van der Waals surface area contributed by atoms with E-state index in [2.05, 4.69) is 20.6 Å². The third kappa shape index (κ3) is 4.76. The average molecular weight is 378 g/mol. The minimum absolute atomic E-state index is 0.286. The minimum atomic E-state index is -0.286. The summed E-state index contributed by atoms with van der Waals surface area (Å²) < 4.78 is 10.6. The van der Waals surface area contributed by atoms with Gasteiger partial charge in [-0.1, -0.05) is 24.3 Å². The fourth-order valence-corrected chi connectivity index (χ4v) is 2.65. The number of hydrogen-bond acceptors (Lipinski definition) is 6. The molecular weight excluding hydrogens is 356 g/mol. The summed E-state index contributed by atoms with van der Waals surface area (Å²) in [6.45, 7) is 2.30. The first-order valence-corrected chi connectivity index (χ1v) is 8.76. The molecule has 1 amide bonds. The van der Waals surface area contributed by atoms with Crippen LogP contribution in [0.1, 0.15) is 21.7 Å². The summed E-state index contributed by atoms with van der Waals surface area (Å²) in [6, 6.07) is 16.5. The van der Waals surface area contributed by atoms with Crippen LogP contribution in [-0.4, -0.2) is 30.1 Å². The maximum atomic E-state index is 12.5. The number of aryl methyl sites for hydroxylation is 1. The van der Waals surface area contributed by atoms with Crippen LogP contribution in [0.4, 0.5) is 11.6 Å². The largest absolute Gasteiger partial charge is 0.493 e. The number of ether oxygens (including phenoxy) is 2. The molecule has 0 saturated carbocycles. The Labute approximate surface area is 163 Å². The van der Waals surface area contributed by atoms with E-state index in [1.807, 2.05) is 55.5 Å². The molecule has 0 radical (unpaired) electrons. The van der Waals surface area contributed by atoms with Crippen LogP contribution >= 0.6 is 0 Å². The number of carbonyl (C=O) groups excluding carboxylic acids is 1. The summed E-state index contributed by atoms with van der Waals surface area (Å²) in [5.41, 5.74) is 2.68. The van der Waals surface area contributed by atoms with E-state index in [1.165, 1.54) is 0 Å². The van der Waals surface area contributed by atoms with Crippen LogP contribution in [0.25, 0.3) is 0 Å². The highest BCUT2D eigenvalue weighted by molar-refractivity contribution is 6.03. The van der Waals surface area contributed by atoms with Crippen LogP contribution in [0.15, 0.2) is 54.6 Å². The van der Waals surface area contributed by atoms with Gasteiger partial charge in [-0.2, -0.15) is 0 Å². The van der Waals surface area contributed by atoms with Gasteiger partial charge in [0.05, 0.1) is 14.2 Å². The third-order valence-electron chi connectivity index (χ3n) is 4.02. The highest BCUT2D eigenvalue weighted by atomic mass is 16.5. The average Bonchev–Trinajstić information content (AvgIpc) is 2.72. The van der Waals surface area contributed by atoms with Crippen molar-refractivity contribution in [1.29, 1.82) is 0 Å². The molecule has 2 aromatic carbocycles. The Bertz CT molecular complexity index is 961. The summed E-state index contributed by atoms with van der Waals surface area (Å²) in [4.78, 5) is 21.2. The van der Waals surface area contributed by atoms with Gasteiger partial charge in [0.25, 0.3) is 5.91 Å². The fourth-order valence-electron chi connectivity index (χ4n) is 2.65. The van der Waals surface area contributed by atoms with E-state index < -0.39 is 0 Å². The SMILES string of the molecule is COc1ccc(CNc2nc(C)cc(C(=O)Nc3ccccc3)n2)cc1OC. The van der Waals surface area contributed by atoms with E-state index in [-0.39, 0.29) is 5.91 Å². The summed E-state index contributed by atoms with van der Waals surface area (Å²) in [5.74, 6) is 1.41. The monoisotopic (exact) mass is 378 g/mol. The maximum absolute atomic E-state index is 12.5. The Morgan fingerprint density at radius 3 is 2.43 bits per heavy atom. The molecule has 1 heterocycles. The standard InChI is InChI=1S/C21H22N4O3/c1-14-11-17(20(26)24-16-7-5-4-6-8-16)25-21(23-14)22-13-15-9-10-18(27-2)19(12-15)28-3/h4-12H,13H2,1-3H3,(H,24,26)(H,22,23,25). The molecule has 144 valence electrons. The number of methoxy groups -OCH3 is 2. The number of amides is 1. The highest BCUT2D eigenvalue weighted by Gasteiger charge is 2.11. The molecule has 0 aliphatic heterocycles. The van der Waals surface area contributed by atoms with E-state index in [0.29, 0.717) is 41.1 Å². The van der Waals surface area contributed by atoms with Gasteiger partial charge in [0.2, 0.25) is 5.95 Å². The van der Waals surface area contributed by atoms with Crippen molar-refractivity contribution in [2.75, 3.05) is 24.9 Å². The molecule has 3 aromatic rings. The Morgan fingerprint density at radius 2 is 1.71 bits per heavy atom. The van der Waals surface area contributed by atoms with E-state index in [4.69, 9.17) is 9.47 Å². The van der Waals surface area contributed by atoms with Crippen molar-refractivity contribution in [2.45, 2.75) is 13.5 Å². The van der Waals surface area contributed by atoms with Gasteiger partial charge in [-0.3, -0.25) is 4.79 Å². The number of aromatic nitrogens is 2.